The number of amides is 1. The molecule has 1 amide bonds. The number of carbonyl (C=O) groups excluding carboxylic acids is 1. The van der Waals surface area contributed by atoms with Gasteiger partial charge in [-0.25, -0.2) is 0 Å². The fourth-order valence-electron chi connectivity index (χ4n) is 2.21. The maximum absolute atomic E-state index is 12.3. The van der Waals surface area contributed by atoms with Crippen LogP contribution in [0.15, 0.2) is 18.2 Å². The molecule has 0 saturated carbocycles. The second-order valence-corrected chi connectivity index (χ2v) is 7.07. The fourth-order valence-corrected chi connectivity index (χ4v) is 2.36. The van der Waals surface area contributed by atoms with Gasteiger partial charge >= 0.3 is 0 Å². The van der Waals surface area contributed by atoms with E-state index in [4.69, 9.17) is 21.1 Å². The highest BCUT2D eigenvalue weighted by molar-refractivity contribution is 6.29. The molecule has 24 heavy (non-hydrogen) atoms. The number of para-hydroxylation sites is 1. The Morgan fingerprint density at radius 2 is 1.92 bits per heavy atom. The van der Waals surface area contributed by atoms with Gasteiger partial charge < -0.3 is 9.47 Å². The van der Waals surface area contributed by atoms with Gasteiger partial charge in [0.15, 0.2) is 0 Å². The van der Waals surface area contributed by atoms with Crippen molar-refractivity contribution in [1.29, 1.82) is 0 Å². The Labute approximate surface area is 151 Å². The number of hydrogen-bond acceptors (Lipinski definition) is 3. The van der Waals surface area contributed by atoms with Crippen molar-refractivity contribution < 1.29 is 14.3 Å². The Kier molecular flexibility index (Phi) is 9.16. The topological polar surface area (TPSA) is 38.8 Å². The first-order chi connectivity index (χ1) is 11.4. The summed E-state index contributed by atoms with van der Waals surface area (Å²) in [5.74, 6) is 1.38. The van der Waals surface area contributed by atoms with Crippen LogP contribution in [0.4, 0.5) is 5.69 Å². The second-order valence-electron chi connectivity index (χ2n) is 6.80. The third-order valence-electron chi connectivity index (χ3n) is 3.51. The number of anilines is 1. The zero-order valence-electron chi connectivity index (χ0n) is 15.5. The van der Waals surface area contributed by atoms with E-state index in [2.05, 4.69) is 27.7 Å². The molecule has 4 nitrogen and oxygen atoms in total. The number of rotatable bonds is 10. The maximum atomic E-state index is 12.3. The van der Waals surface area contributed by atoms with Gasteiger partial charge in [0.1, 0.15) is 18.4 Å². The highest BCUT2D eigenvalue weighted by atomic mass is 35.5. The van der Waals surface area contributed by atoms with E-state index in [-0.39, 0.29) is 18.5 Å². The molecule has 0 aliphatic heterocycles. The van der Waals surface area contributed by atoms with Gasteiger partial charge in [0, 0.05) is 0 Å². The summed E-state index contributed by atoms with van der Waals surface area (Å²) in [6.07, 6.45) is 0.959. The summed E-state index contributed by atoms with van der Waals surface area (Å²) in [5.41, 5.74) is 1.71. The number of aryl methyl sites for hydroxylation is 1. The molecule has 0 spiro atoms. The molecule has 0 radical (unpaired) electrons. The third kappa shape index (κ3) is 6.70. The number of hydrogen-bond donors (Lipinski definition) is 0. The largest absolute Gasteiger partial charge is 0.491 e. The van der Waals surface area contributed by atoms with Gasteiger partial charge in [-0.3, -0.25) is 9.69 Å². The number of halogens is 1. The van der Waals surface area contributed by atoms with Crippen LogP contribution < -0.4 is 9.64 Å². The van der Waals surface area contributed by atoms with E-state index in [1.165, 1.54) is 0 Å². The molecule has 0 N–H and O–H groups in total. The van der Waals surface area contributed by atoms with Gasteiger partial charge in [-0.2, -0.15) is 0 Å². The van der Waals surface area contributed by atoms with Crippen molar-refractivity contribution in [1.82, 2.24) is 0 Å². The summed E-state index contributed by atoms with van der Waals surface area (Å²) in [5, 5.41) is 0. The zero-order chi connectivity index (χ0) is 18.1. The summed E-state index contributed by atoms with van der Waals surface area (Å²) < 4.78 is 11.6. The van der Waals surface area contributed by atoms with Crippen LogP contribution in [0.25, 0.3) is 0 Å². The molecule has 0 aliphatic carbocycles. The number of benzene rings is 1. The van der Waals surface area contributed by atoms with Crippen LogP contribution >= 0.6 is 11.6 Å². The van der Waals surface area contributed by atoms with Gasteiger partial charge in [-0.05, 0) is 36.8 Å². The van der Waals surface area contributed by atoms with E-state index in [0.717, 1.165) is 17.7 Å². The summed E-state index contributed by atoms with van der Waals surface area (Å²) in [4.78, 5) is 13.9. The van der Waals surface area contributed by atoms with Crippen molar-refractivity contribution in [2.24, 2.45) is 11.8 Å². The molecule has 0 aromatic heterocycles. The predicted molar refractivity (Wildman–Crippen MR) is 100.0 cm³/mol. The van der Waals surface area contributed by atoms with Crippen LogP contribution in [0.5, 0.6) is 5.75 Å². The van der Waals surface area contributed by atoms with E-state index in [1.807, 2.05) is 25.1 Å². The molecule has 0 atom stereocenters. The van der Waals surface area contributed by atoms with Crippen LogP contribution in [-0.2, 0) is 9.53 Å². The minimum atomic E-state index is -0.191. The van der Waals surface area contributed by atoms with Crippen molar-refractivity contribution in [2.75, 3.05) is 30.7 Å². The lowest BCUT2D eigenvalue weighted by Crippen LogP contribution is -2.35. The monoisotopic (exact) mass is 355 g/mol. The standard InChI is InChI=1S/C19H30ClNO3/c1-14(2)9-10-24-17-8-6-7-16(5)19(17)21(18(22)11-20)13-23-12-15(3)4/h6-8,14-15H,9-13H2,1-5H3. The third-order valence-corrected chi connectivity index (χ3v) is 3.74. The number of carbonyl (C=O) groups is 1. The second kappa shape index (κ2) is 10.6. The minimum Gasteiger partial charge on any atom is -0.491 e. The predicted octanol–water partition coefficient (Wildman–Crippen LogP) is 4.62. The first kappa shape index (κ1) is 20.8. The van der Waals surface area contributed by atoms with Crippen LogP contribution in [0, 0.1) is 18.8 Å². The molecule has 5 heteroatoms. The average Bonchev–Trinajstić information content (AvgIpc) is 2.51. The molecule has 1 rings (SSSR count). The van der Waals surface area contributed by atoms with Crippen LogP contribution in [0.3, 0.4) is 0 Å². The molecular weight excluding hydrogens is 326 g/mol. The Balaban J connectivity index is 2.99. The SMILES string of the molecule is Cc1cccc(OCCC(C)C)c1N(COCC(C)C)C(=O)CCl. The van der Waals surface area contributed by atoms with Gasteiger partial charge in [-0.1, -0.05) is 39.8 Å². The number of nitrogens with zero attached hydrogens (tertiary/aromatic N) is 1. The van der Waals surface area contributed by atoms with Crippen molar-refractivity contribution in [2.45, 2.75) is 41.0 Å². The molecule has 0 unspecified atom stereocenters. The quantitative estimate of drug-likeness (QED) is 0.454. The van der Waals surface area contributed by atoms with Gasteiger partial charge in [0.25, 0.3) is 0 Å². The van der Waals surface area contributed by atoms with E-state index in [0.29, 0.717) is 30.8 Å². The molecule has 0 bridgehead atoms. The normalized spacial score (nSPS) is 11.2. The van der Waals surface area contributed by atoms with Gasteiger partial charge in [0.2, 0.25) is 5.91 Å². The lowest BCUT2D eigenvalue weighted by Gasteiger charge is -2.26. The zero-order valence-corrected chi connectivity index (χ0v) is 16.2. The summed E-state index contributed by atoms with van der Waals surface area (Å²) in [6, 6.07) is 5.78. The van der Waals surface area contributed by atoms with E-state index < -0.39 is 0 Å². The first-order valence-electron chi connectivity index (χ1n) is 8.53. The summed E-state index contributed by atoms with van der Waals surface area (Å²) in [6.45, 7) is 11.8. The van der Waals surface area contributed by atoms with Crippen molar-refractivity contribution >= 4 is 23.2 Å². The minimum absolute atomic E-state index is 0.0925. The van der Waals surface area contributed by atoms with Crippen molar-refractivity contribution in [3.8, 4) is 5.75 Å². The van der Waals surface area contributed by atoms with Crippen molar-refractivity contribution in [3.63, 3.8) is 0 Å². The van der Waals surface area contributed by atoms with Crippen LogP contribution in [0.1, 0.15) is 39.7 Å². The van der Waals surface area contributed by atoms with E-state index in [9.17, 15) is 4.79 Å². The van der Waals surface area contributed by atoms with Crippen LogP contribution in [0.2, 0.25) is 0 Å². The Bertz CT molecular complexity index is 517. The molecule has 0 fully saturated rings. The van der Waals surface area contributed by atoms with E-state index in [1.54, 1.807) is 4.90 Å². The molecule has 136 valence electrons. The Hall–Kier alpha value is -1.26. The average molecular weight is 356 g/mol. The van der Waals surface area contributed by atoms with Crippen molar-refractivity contribution in [3.05, 3.63) is 23.8 Å². The molecule has 0 aliphatic rings. The fraction of sp³-hybridized carbons (Fsp3) is 0.632. The summed E-state index contributed by atoms with van der Waals surface area (Å²) >= 11 is 5.80. The Morgan fingerprint density at radius 3 is 2.50 bits per heavy atom. The van der Waals surface area contributed by atoms with Gasteiger partial charge in [-0.15, -0.1) is 11.6 Å². The Morgan fingerprint density at radius 1 is 1.21 bits per heavy atom. The highest BCUT2D eigenvalue weighted by Crippen LogP contribution is 2.32. The molecule has 0 heterocycles. The maximum Gasteiger partial charge on any atom is 0.243 e. The van der Waals surface area contributed by atoms with E-state index >= 15 is 0 Å². The molecular formula is C19H30ClNO3. The first-order valence-corrected chi connectivity index (χ1v) is 9.06. The van der Waals surface area contributed by atoms with Crippen LogP contribution in [-0.4, -0.2) is 31.7 Å². The molecule has 1 aromatic rings. The summed E-state index contributed by atoms with van der Waals surface area (Å²) in [7, 11) is 0. The molecule has 0 saturated heterocycles. The highest BCUT2D eigenvalue weighted by Gasteiger charge is 2.21. The lowest BCUT2D eigenvalue weighted by atomic mass is 10.1. The number of ether oxygens (including phenoxy) is 2. The molecule has 1 aromatic carbocycles. The van der Waals surface area contributed by atoms with Gasteiger partial charge in [0.05, 0.1) is 18.9 Å². The smallest absolute Gasteiger partial charge is 0.243 e. The number of alkyl halides is 1. The lowest BCUT2D eigenvalue weighted by molar-refractivity contribution is -0.117.